The average molecular weight is 422 g/mol. The number of methoxy groups -OCH3 is 2. The molecular weight excluding hydrogens is 398 g/mol. The van der Waals surface area contributed by atoms with E-state index in [0.29, 0.717) is 35.5 Å². The number of alkyl halides is 1. The van der Waals surface area contributed by atoms with Crippen molar-refractivity contribution in [2.24, 2.45) is 0 Å². The summed E-state index contributed by atoms with van der Waals surface area (Å²) in [6.07, 6.45) is 0.492. The Hall–Kier alpha value is -2.21. The highest BCUT2D eigenvalue weighted by Gasteiger charge is 2.24. The van der Waals surface area contributed by atoms with Gasteiger partial charge in [-0.15, -0.1) is 0 Å². The quantitative estimate of drug-likeness (QED) is 0.485. The van der Waals surface area contributed by atoms with E-state index in [1.807, 2.05) is 42.5 Å². The van der Waals surface area contributed by atoms with E-state index < -0.39 is 6.04 Å². The zero-order valence-electron chi connectivity index (χ0n) is 15.3. The van der Waals surface area contributed by atoms with E-state index in [1.165, 1.54) is 0 Å². The number of esters is 1. The van der Waals surface area contributed by atoms with Crippen LogP contribution in [0.2, 0.25) is 0 Å². The summed E-state index contributed by atoms with van der Waals surface area (Å²) in [5, 5.41) is 3.93. The van der Waals surface area contributed by atoms with Crippen molar-refractivity contribution in [2.75, 3.05) is 26.1 Å². The molecule has 0 aliphatic heterocycles. The van der Waals surface area contributed by atoms with Crippen molar-refractivity contribution >= 4 is 27.6 Å². The Morgan fingerprint density at radius 2 is 1.69 bits per heavy atom. The Balaban J connectivity index is 2.36. The van der Waals surface area contributed by atoms with Crippen molar-refractivity contribution in [3.63, 3.8) is 0 Å². The van der Waals surface area contributed by atoms with Crippen molar-refractivity contribution in [1.82, 2.24) is 0 Å². The third-order valence-electron chi connectivity index (χ3n) is 3.89. The number of carbonyl (C=O) groups is 1. The molecule has 0 aliphatic rings. The van der Waals surface area contributed by atoms with Gasteiger partial charge in [0.05, 0.1) is 20.8 Å². The molecule has 140 valence electrons. The molecule has 0 aromatic heterocycles. The second kappa shape index (κ2) is 10.1. The van der Waals surface area contributed by atoms with Crippen LogP contribution in [-0.2, 0) is 21.3 Å². The van der Waals surface area contributed by atoms with Crippen LogP contribution in [0.1, 0.15) is 18.1 Å². The molecule has 0 spiro atoms. The van der Waals surface area contributed by atoms with E-state index in [9.17, 15) is 4.79 Å². The van der Waals surface area contributed by atoms with Gasteiger partial charge in [0.25, 0.3) is 0 Å². The van der Waals surface area contributed by atoms with E-state index in [0.717, 1.165) is 11.1 Å². The van der Waals surface area contributed by atoms with Crippen molar-refractivity contribution < 1.29 is 19.0 Å². The average Bonchev–Trinajstić information content (AvgIpc) is 2.68. The Morgan fingerprint density at radius 1 is 1.08 bits per heavy atom. The lowest BCUT2D eigenvalue weighted by Gasteiger charge is -2.22. The van der Waals surface area contributed by atoms with Crippen LogP contribution in [0.4, 0.5) is 5.69 Å². The number of rotatable bonds is 9. The van der Waals surface area contributed by atoms with Crippen molar-refractivity contribution in [2.45, 2.75) is 24.7 Å². The number of nitrogens with one attached hydrogen (secondary N) is 1. The maximum absolute atomic E-state index is 12.5. The molecule has 0 aliphatic carbocycles. The predicted molar refractivity (Wildman–Crippen MR) is 106 cm³/mol. The largest absolute Gasteiger partial charge is 0.494 e. The second-order valence-corrected chi connectivity index (χ2v) is 6.21. The molecule has 1 N–H and O–H groups in total. The summed E-state index contributed by atoms with van der Waals surface area (Å²) >= 11 is 3.44. The number of hydrogen-bond donors (Lipinski definition) is 1. The number of halogens is 1. The van der Waals surface area contributed by atoms with Crippen molar-refractivity contribution in [3.8, 4) is 11.5 Å². The summed E-state index contributed by atoms with van der Waals surface area (Å²) in [6.45, 7) is 2.12. The van der Waals surface area contributed by atoms with Gasteiger partial charge >= 0.3 is 5.97 Å². The van der Waals surface area contributed by atoms with Gasteiger partial charge in [-0.3, -0.25) is 0 Å². The smallest absolute Gasteiger partial charge is 0.328 e. The number of hydrogen-bond acceptors (Lipinski definition) is 5. The summed E-state index contributed by atoms with van der Waals surface area (Å²) in [4.78, 5) is 12.5. The molecule has 6 heteroatoms. The molecule has 0 heterocycles. The van der Waals surface area contributed by atoms with Crippen LogP contribution in [0.25, 0.3) is 0 Å². The Bertz CT molecular complexity index is 696. The highest BCUT2D eigenvalue weighted by molar-refractivity contribution is 9.08. The lowest BCUT2D eigenvalue weighted by Crippen LogP contribution is -2.34. The van der Waals surface area contributed by atoms with Gasteiger partial charge in [0.2, 0.25) is 0 Å². The molecule has 5 nitrogen and oxygen atoms in total. The SMILES string of the molecule is CCOC(=O)[C@H](Cc1ccccc1)Nc1c(OC)cc(CBr)cc1OC. The fourth-order valence-corrected chi connectivity index (χ4v) is 2.97. The highest BCUT2D eigenvalue weighted by Crippen LogP contribution is 2.37. The molecular formula is C20H24BrNO4. The third kappa shape index (κ3) is 5.14. The standard InChI is InChI=1S/C20H24BrNO4/c1-4-26-20(23)16(10-14-8-6-5-7-9-14)22-19-17(24-2)11-15(13-21)12-18(19)25-3/h5-9,11-12,16,22H,4,10,13H2,1-3H3/t16-/m0/s1. The molecule has 2 aromatic rings. The van der Waals surface area contributed by atoms with Crippen LogP contribution in [-0.4, -0.2) is 32.8 Å². The van der Waals surface area contributed by atoms with Crippen LogP contribution in [0, 0.1) is 0 Å². The van der Waals surface area contributed by atoms with Crippen molar-refractivity contribution in [1.29, 1.82) is 0 Å². The summed E-state index contributed by atoms with van der Waals surface area (Å²) < 4.78 is 16.3. The summed E-state index contributed by atoms with van der Waals surface area (Å²) in [6, 6.07) is 13.1. The van der Waals surface area contributed by atoms with E-state index in [2.05, 4.69) is 21.2 Å². The number of ether oxygens (including phenoxy) is 3. The first-order chi connectivity index (χ1) is 12.6. The summed E-state index contributed by atoms with van der Waals surface area (Å²) in [5.74, 6) is 0.910. The van der Waals surface area contributed by atoms with Gasteiger partial charge in [-0.1, -0.05) is 46.3 Å². The lowest BCUT2D eigenvalue weighted by molar-refractivity contribution is -0.144. The minimum absolute atomic E-state index is 0.315. The first-order valence-corrected chi connectivity index (χ1v) is 9.53. The topological polar surface area (TPSA) is 56.8 Å². The minimum Gasteiger partial charge on any atom is -0.494 e. The molecule has 2 aromatic carbocycles. The molecule has 2 rings (SSSR count). The van der Waals surface area contributed by atoms with Crippen LogP contribution < -0.4 is 14.8 Å². The molecule has 0 saturated carbocycles. The van der Waals surface area contributed by atoms with Crippen LogP contribution in [0.3, 0.4) is 0 Å². The van der Waals surface area contributed by atoms with Gasteiger partial charge in [-0.2, -0.15) is 0 Å². The number of carbonyl (C=O) groups excluding carboxylic acids is 1. The Labute approximate surface area is 162 Å². The van der Waals surface area contributed by atoms with E-state index in [4.69, 9.17) is 14.2 Å². The molecule has 0 unspecified atom stereocenters. The lowest BCUT2D eigenvalue weighted by atomic mass is 10.0. The molecule has 0 amide bonds. The molecule has 0 fully saturated rings. The normalized spacial score (nSPS) is 11.5. The van der Waals surface area contributed by atoms with Crippen LogP contribution in [0.5, 0.6) is 11.5 Å². The van der Waals surface area contributed by atoms with Gasteiger partial charge in [-0.25, -0.2) is 4.79 Å². The van der Waals surface area contributed by atoms with Gasteiger partial charge < -0.3 is 19.5 Å². The van der Waals surface area contributed by atoms with Crippen LogP contribution >= 0.6 is 15.9 Å². The molecule has 1 atom stereocenters. The minimum atomic E-state index is -0.560. The molecule has 26 heavy (non-hydrogen) atoms. The van der Waals surface area contributed by atoms with Gasteiger partial charge in [-0.05, 0) is 30.2 Å². The van der Waals surface area contributed by atoms with E-state index in [-0.39, 0.29) is 5.97 Å². The van der Waals surface area contributed by atoms with Crippen molar-refractivity contribution in [3.05, 3.63) is 53.6 Å². The van der Waals surface area contributed by atoms with Gasteiger partial charge in [0.15, 0.2) is 0 Å². The van der Waals surface area contributed by atoms with Gasteiger partial charge in [0.1, 0.15) is 23.2 Å². The second-order valence-electron chi connectivity index (χ2n) is 5.65. The molecule has 0 bridgehead atoms. The predicted octanol–water partition coefficient (Wildman–Crippen LogP) is 4.19. The highest BCUT2D eigenvalue weighted by atomic mass is 79.9. The fraction of sp³-hybridized carbons (Fsp3) is 0.350. The maximum Gasteiger partial charge on any atom is 0.328 e. The third-order valence-corrected chi connectivity index (χ3v) is 4.54. The molecule has 0 saturated heterocycles. The maximum atomic E-state index is 12.5. The van der Waals surface area contributed by atoms with Gasteiger partial charge in [0, 0.05) is 11.8 Å². The zero-order valence-corrected chi connectivity index (χ0v) is 16.8. The van der Waals surface area contributed by atoms with E-state index >= 15 is 0 Å². The Morgan fingerprint density at radius 3 is 2.19 bits per heavy atom. The zero-order chi connectivity index (χ0) is 18.9. The first kappa shape index (κ1) is 20.1. The van der Waals surface area contributed by atoms with Crippen LogP contribution in [0.15, 0.2) is 42.5 Å². The Kier molecular flexibility index (Phi) is 7.78. The fourth-order valence-electron chi connectivity index (χ4n) is 2.65. The monoisotopic (exact) mass is 421 g/mol. The number of anilines is 1. The van der Waals surface area contributed by atoms with E-state index in [1.54, 1.807) is 21.1 Å². The molecule has 0 radical (unpaired) electrons. The summed E-state index contributed by atoms with van der Waals surface area (Å²) in [7, 11) is 3.18. The summed E-state index contributed by atoms with van der Waals surface area (Å²) in [5.41, 5.74) is 2.68. The first-order valence-electron chi connectivity index (χ1n) is 8.40. The number of benzene rings is 2.